The highest BCUT2D eigenvalue weighted by Gasteiger charge is 2.13. The van der Waals surface area contributed by atoms with Crippen LogP contribution in [0.15, 0.2) is 12.4 Å². The normalized spacial score (nSPS) is 12.7. The Balaban J connectivity index is 2.64. The zero-order chi connectivity index (χ0) is 13.4. The summed E-state index contributed by atoms with van der Waals surface area (Å²) in [5, 5.41) is 3.48. The van der Waals surface area contributed by atoms with Gasteiger partial charge in [-0.3, -0.25) is 0 Å². The molecule has 0 radical (unpaired) electrons. The summed E-state index contributed by atoms with van der Waals surface area (Å²) in [4.78, 5) is 8.40. The number of nitrogens with one attached hydrogen (secondary N) is 1. The molecule has 18 heavy (non-hydrogen) atoms. The van der Waals surface area contributed by atoms with E-state index in [9.17, 15) is 0 Å². The zero-order valence-corrected chi connectivity index (χ0v) is 11.9. The molecule has 0 aliphatic heterocycles. The molecular formula is C14H25N3O. The first kappa shape index (κ1) is 14.9. The molecule has 0 aliphatic carbocycles. The number of ether oxygens (including phenoxy) is 1. The fourth-order valence-corrected chi connectivity index (χ4v) is 1.99. The Labute approximate surface area is 110 Å². The standard InChI is InChI=1S/C14H25N3O/c1-5-15-12(8-6-7-11(2)3)13-9-14(18-4)17-10-16-13/h9-12,15H,5-8H2,1-4H3. The van der Waals surface area contributed by atoms with Gasteiger partial charge in [0.05, 0.1) is 12.8 Å². The number of rotatable bonds is 8. The van der Waals surface area contributed by atoms with E-state index >= 15 is 0 Å². The SMILES string of the molecule is CCNC(CCCC(C)C)c1cc(OC)ncn1. The average Bonchev–Trinajstić information content (AvgIpc) is 2.37. The smallest absolute Gasteiger partial charge is 0.216 e. The van der Waals surface area contributed by atoms with Gasteiger partial charge < -0.3 is 10.1 Å². The maximum Gasteiger partial charge on any atom is 0.216 e. The van der Waals surface area contributed by atoms with E-state index < -0.39 is 0 Å². The van der Waals surface area contributed by atoms with Crippen molar-refractivity contribution in [1.82, 2.24) is 15.3 Å². The molecule has 0 saturated carbocycles. The van der Waals surface area contributed by atoms with Crippen molar-refractivity contribution in [2.75, 3.05) is 13.7 Å². The third kappa shape index (κ3) is 5.00. The summed E-state index contributed by atoms with van der Waals surface area (Å²) in [6.07, 6.45) is 5.14. The maximum absolute atomic E-state index is 5.15. The van der Waals surface area contributed by atoms with Gasteiger partial charge in [0.25, 0.3) is 0 Å². The molecule has 4 heteroatoms. The average molecular weight is 251 g/mol. The summed E-state index contributed by atoms with van der Waals surface area (Å²) in [6.45, 7) is 7.58. The van der Waals surface area contributed by atoms with Gasteiger partial charge in [-0.1, -0.05) is 33.6 Å². The molecule has 0 aromatic carbocycles. The van der Waals surface area contributed by atoms with Crippen LogP contribution in [0, 0.1) is 5.92 Å². The molecule has 1 rings (SSSR count). The minimum Gasteiger partial charge on any atom is -0.481 e. The lowest BCUT2D eigenvalue weighted by Gasteiger charge is -2.18. The van der Waals surface area contributed by atoms with E-state index in [0.717, 1.165) is 24.6 Å². The van der Waals surface area contributed by atoms with Gasteiger partial charge in [0.1, 0.15) is 6.33 Å². The van der Waals surface area contributed by atoms with Gasteiger partial charge in [-0.2, -0.15) is 0 Å². The summed E-state index contributed by atoms with van der Waals surface area (Å²) >= 11 is 0. The van der Waals surface area contributed by atoms with Crippen molar-refractivity contribution in [3.05, 3.63) is 18.1 Å². The topological polar surface area (TPSA) is 47.0 Å². The third-order valence-electron chi connectivity index (χ3n) is 2.95. The van der Waals surface area contributed by atoms with Crippen LogP contribution in [0.3, 0.4) is 0 Å². The molecule has 0 spiro atoms. The molecule has 1 aromatic heterocycles. The lowest BCUT2D eigenvalue weighted by atomic mass is 10.0. The van der Waals surface area contributed by atoms with E-state index in [1.165, 1.54) is 12.8 Å². The Morgan fingerprint density at radius 3 is 2.67 bits per heavy atom. The number of hydrogen-bond donors (Lipinski definition) is 1. The molecule has 102 valence electrons. The summed E-state index contributed by atoms with van der Waals surface area (Å²) in [7, 11) is 1.63. The number of aromatic nitrogens is 2. The Hall–Kier alpha value is -1.16. The lowest BCUT2D eigenvalue weighted by molar-refractivity contribution is 0.391. The Bertz CT molecular complexity index is 342. The highest BCUT2D eigenvalue weighted by atomic mass is 16.5. The highest BCUT2D eigenvalue weighted by Crippen LogP contribution is 2.21. The van der Waals surface area contributed by atoms with Gasteiger partial charge in [-0.15, -0.1) is 0 Å². The van der Waals surface area contributed by atoms with Crippen LogP contribution in [-0.4, -0.2) is 23.6 Å². The summed E-state index contributed by atoms with van der Waals surface area (Å²) in [5.74, 6) is 1.39. The van der Waals surface area contributed by atoms with Crippen LogP contribution < -0.4 is 10.1 Å². The largest absolute Gasteiger partial charge is 0.481 e. The highest BCUT2D eigenvalue weighted by molar-refractivity contribution is 5.16. The van der Waals surface area contributed by atoms with E-state index in [2.05, 4.69) is 36.1 Å². The first-order chi connectivity index (χ1) is 8.67. The van der Waals surface area contributed by atoms with Crippen molar-refractivity contribution in [2.24, 2.45) is 5.92 Å². The summed E-state index contributed by atoms with van der Waals surface area (Å²) < 4.78 is 5.15. The van der Waals surface area contributed by atoms with Gasteiger partial charge in [-0.05, 0) is 18.9 Å². The van der Waals surface area contributed by atoms with Gasteiger partial charge in [0.15, 0.2) is 0 Å². The third-order valence-corrected chi connectivity index (χ3v) is 2.95. The van der Waals surface area contributed by atoms with Crippen molar-refractivity contribution >= 4 is 0 Å². The van der Waals surface area contributed by atoms with Gasteiger partial charge in [0, 0.05) is 12.1 Å². The zero-order valence-electron chi connectivity index (χ0n) is 11.9. The molecule has 0 aliphatic rings. The minimum atomic E-state index is 0.297. The number of methoxy groups -OCH3 is 1. The van der Waals surface area contributed by atoms with E-state index in [4.69, 9.17) is 4.74 Å². The predicted octanol–water partition coefficient (Wildman–Crippen LogP) is 2.96. The van der Waals surface area contributed by atoms with E-state index in [-0.39, 0.29) is 0 Å². The van der Waals surface area contributed by atoms with Gasteiger partial charge in [0.2, 0.25) is 5.88 Å². The monoisotopic (exact) mass is 251 g/mol. The molecule has 1 N–H and O–H groups in total. The van der Waals surface area contributed by atoms with Crippen LogP contribution in [0.5, 0.6) is 5.88 Å². The first-order valence-corrected chi connectivity index (χ1v) is 6.76. The second-order valence-corrected chi connectivity index (χ2v) is 4.92. The molecule has 0 fully saturated rings. The van der Waals surface area contributed by atoms with Crippen LogP contribution in [0.4, 0.5) is 0 Å². The number of hydrogen-bond acceptors (Lipinski definition) is 4. The Morgan fingerprint density at radius 1 is 1.28 bits per heavy atom. The molecule has 0 amide bonds. The van der Waals surface area contributed by atoms with Crippen molar-refractivity contribution in [1.29, 1.82) is 0 Å². The molecule has 1 heterocycles. The fraction of sp³-hybridized carbons (Fsp3) is 0.714. The molecule has 0 bridgehead atoms. The van der Waals surface area contributed by atoms with Crippen molar-refractivity contribution < 1.29 is 4.74 Å². The van der Waals surface area contributed by atoms with E-state index in [0.29, 0.717) is 11.9 Å². The van der Waals surface area contributed by atoms with Crippen LogP contribution in [0.1, 0.15) is 51.8 Å². The first-order valence-electron chi connectivity index (χ1n) is 6.76. The predicted molar refractivity (Wildman–Crippen MR) is 73.7 cm³/mol. The van der Waals surface area contributed by atoms with Crippen LogP contribution >= 0.6 is 0 Å². The van der Waals surface area contributed by atoms with Crippen LogP contribution in [-0.2, 0) is 0 Å². The van der Waals surface area contributed by atoms with Gasteiger partial charge >= 0.3 is 0 Å². The van der Waals surface area contributed by atoms with E-state index in [1.54, 1.807) is 13.4 Å². The summed E-state index contributed by atoms with van der Waals surface area (Å²) in [5.41, 5.74) is 1.02. The van der Waals surface area contributed by atoms with Crippen molar-refractivity contribution in [3.8, 4) is 5.88 Å². The minimum absolute atomic E-state index is 0.297. The Morgan fingerprint density at radius 2 is 2.06 bits per heavy atom. The molecule has 1 atom stereocenters. The van der Waals surface area contributed by atoms with Crippen molar-refractivity contribution in [3.63, 3.8) is 0 Å². The maximum atomic E-state index is 5.15. The fourth-order valence-electron chi connectivity index (χ4n) is 1.99. The number of nitrogens with zero attached hydrogens (tertiary/aromatic N) is 2. The molecule has 0 saturated heterocycles. The van der Waals surface area contributed by atoms with E-state index in [1.807, 2.05) is 6.07 Å². The second-order valence-electron chi connectivity index (χ2n) is 4.92. The van der Waals surface area contributed by atoms with Crippen LogP contribution in [0.2, 0.25) is 0 Å². The summed E-state index contributed by atoms with van der Waals surface area (Å²) in [6, 6.07) is 2.22. The molecule has 4 nitrogen and oxygen atoms in total. The molecule has 1 aromatic rings. The quantitative estimate of drug-likeness (QED) is 0.771. The van der Waals surface area contributed by atoms with Gasteiger partial charge in [-0.25, -0.2) is 9.97 Å². The molecular weight excluding hydrogens is 226 g/mol. The second kappa shape index (κ2) is 8.03. The lowest BCUT2D eigenvalue weighted by Crippen LogP contribution is -2.22. The molecule has 1 unspecified atom stereocenters. The Kier molecular flexibility index (Phi) is 6.65. The van der Waals surface area contributed by atoms with Crippen LogP contribution in [0.25, 0.3) is 0 Å². The van der Waals surface area contributed by atoms with Crippen molar-refractivity contribution in [2.45, 2.75) is 46.1 Å².